The van der Waals surface area contributed by atoms with Crippen LogP contribution < -0.4 is 0 Å². The Bertz CT molecular complexity index is 454. The lowest BCUT2D eigenvalue weighted by Crippen LogP contribution is -2.39. The van der Waals surface area contributed by atoms with Crippen molar-refractivity contribution in [3.63, 3.8) is 0 Å². The summed E-state index contributed by atoms with van der Waals surface area (Å²) in [6, 6.07) is 8.33. The van der Waals surface area contributed by atoms with Gasteiger partial charge in [-0.15, -0.1) is 0 Å². The Morgan fingerprint density at radius 2 is 2.05 bits per heavy atom. The normalized spacial score (nSPS) is 11.3. The van der Waals surface area contributed by atoms with Crippen molar-refractivity contribution in [1.82, 2.24) is 4.90 Å². The fourth-order valence-corrected chi connectivity index (χ4v) is 1.73. The molecule has 0 fully saturated rings. The Morgan fingerprint density at radius 1 is 1.32 bits per heavy atom. The molecule has 0 aliphatic rings. The maximum atomic E-state index is 8.73. The van der Waals surface area contributed by atoms with Crippen LogP contribution in [0.15, 0.2) is 24.3 Å². The average Bonchev–Trinajstić information content (AvgIpc) is 2.39. The smallest absolute Gasteiger partial charge is 0.0540 e. The third kappa shape index (κ3) is 5.06. The van der Waals surface area contributed by atoms with Crippen LogP contribution in [-0.2, 0) is 6.54 Å². The second-order valence-electron chi connectivity index (χ2n) is 5.50. The molecule has 0 unspecified atom stereocenters. The Kier molecular flexibility index (Phi) is 6.08. The van der Waals surface area contributed by atoms with Crippen molar-refractivity contribution in [3.8, 4) is 11.8 Å². The van der Waals surface area contributed by atoms with Gasteiger partial charge in [-0.05, 0) is 45.0 Å². The van der Waals surface area contributed by atoms with Crippen LogP contribution in [0.25, 0.3) is 0 Å². The van der Waals surface area contributed by atoms with Crippen molar-refractivity contribution < 1.29 is 5.11 Å². The molecule has 0 spiro atoms. The van der Waals surface area contributed by atoms with Crippen LogP contribution in [0.4, 0.5) is 0 Å². The van der Waals surface area contributed by atoms with E-state index in [4.69, 9.17) is 5.11 Å². The highest BCUT2D eigenvalue weighted by atomic mass is 16.2. The lowest BCUT2D eigenvalue weighted by Gasteiger charge is -2.34. The molecular formula is C17H25NO. The van der Waals surface area contributed by atoms with Crippen molar-refractivity contribution in [2.45, 2.75) is 45.7 Å². The van der Waals surface area contributed by atoms with E-state index in [9.17, 15) is 0 Å². The quantitative estimate of drug-likeness (QED) is 0.822. The fraction of sp³-hybridized carbons (Fsp3) is 0.529. The third-order valence-corrected chi connectivity index (χ3v) is 3.71. The van der Waals surface area contributed by atoms with Gasteiger partial charge < -0.3 is 5.11 Å². The van der Waals surface area contributed by atoms with Gasteiger partial charge in [-0.25, -0.2) is 0 Å². The molecule has 0 aromatic heterocycles. The maximum Gasteiger partial charge on any atom is 0.0540 e. The highest BCUT2D eigenvalue weighted by Gasteiger charge is 2.20. The van der Waals surface area contributed by atoms with Gasteiger partial charge in [-0.1, -0.05) is 30.9 Å². The van der Waals surface area contributed by atoms with E-state index in [1.165, 1.54) is 5.56 Å². The summed E-state index contributed by atoms with van der Waals surface area (Å²) < 4.78 is 0. The van der Waals surface area contributed by atoms with Crippen LogP contribution in [0.3, 0.4) is 0 Å². The Hall–Kier alpha value is -1.30. The largest absolute Gasteiger partial charge is 0.395 e. The molecule has 1 aromatic carbocycles. The first-order chi connectivity index (χ1) is 8.99. The molecular weight excluding hydrogens is 234 g/mol. The molecule has 0 bridgehead atoms. The van der Waals surface area contributed by atoms with E-state index in [2.05, 4.69) is 56.7 Å². The summed E-state index contributed by atoms with van der Waals surface area (Å²) in [6.45, 7) is 7.79. The minimum absolute atomic E-state index is 0.125. The molecule has 2 nitrogen and oxygen atoms in total. The van der Waals surface area contributed by atoms with Gasteiger partial charge in [-0.3, -0.25) is 4.90 Å². The van der Waals surface area contributed by atoms with E-state index in [0.717, 1.165) is 18.5 Å². The van der Waals surface area contributed by atoms with Crippen LogP contribution in [0.2, 0.25) is 0 Å². The van der Waals surface area contributed by atoms with Crippen LogP contribution in [0.1, 0.15) is 44.7 Å². The predicted molar refractivity (Wildman–Crippen MR) is 80.9 cm³/mol. The number of nitrogens with zero attached hydrogens (tertiary/aromatic N) is 1. The molecule has 0 saturated heterocycles. The van der Waals surface area contributed by atoms with Crippen molar-refractivity contribution >= 4 is 0 Å². The van der Waals surface area contributed by atoms with E-state index >= 15 is 0 Å². The minimum Gasteiger partial charge on any atom is -0.395 e. The lowest BCUT2D eigenvalue weighted by atomic mass is 9.99. The van der Waals surface area contributed by atoms with Crippen molar-refractivity contribution in [2.75, 3.05) is 13.7 Å². The zero-order valence-electron chi connectivity index (χ0n) is 12.5. The summed E-state index contributed by atoms with van der Waals surface area (Å²) in [5, 5.41) is 8.73. The first kappa shape index (κ1) is 15.8. The first-order valence-corrected chi connectivity index (χ1v) is 6.89. The summed E-state index contributed by atoms with van der Waals surface area (Å²) >= 11 is 0. The van der Waals surface area contributed by atoms with Crippen LogP contribution in [0, 0.1) is 11.8 Å². The second kappa shape index (κ2) is 7.33. The van der Waals surface area contributed by atoms with E-state index in [-0.39, 0.29) is 12.1 Å². The highest BCUT2D eigenvalue weighted by Crippen LogP contribution is 2.19. The number of aliphatic hydroxyl groups excluding tert-OH is 1. The van der Waals surface area contributed by atoms with Gasteiger partial charge in [0.2, 0.25) is 0 Å². The topological polar surface area (TPSA) is 23.5 Å². The van der Waals surface area contributed by atoms with Gasteiger partial charge in [0.25, 0.3) is 0 Å². The standard InChI is InChI=1S/C17H25NO/c1-5-17(2,3)18(4)14-16-11-8-10-15(13-16)9-6-7-12-19/h8,10-11,13,19H,5,7,12,14H2,1-4H3. The molecule has 0 atom stereocenters. The van der Waals surface area contributed by atoms with Crippen molar-refractivity contribution in [2.24, 2.45) is 0 Å². The molecule has 0 amide bonds. The lowest BCUT2D eigenvalue weighted by molar-refractivity contribution is 0.143. The van der Waals surface area contributed by atoms with E-state index in [1.807, 2.05) is 12.1 Å². The fourth-order valence-electron chi connectivity index (χ4n) is 1.73. The molecule has 104 valence electrons. The monoisotopic (exact) mass is 259 g/mol. The second-order valence-corrected chi connectivity index (χ2v) is 5.50. The summed E-state index contributed by atoms with van der Waals surface area (Å²) in [5.74, 6) is 6.04. The number of aliphatic hydroxyl groups is 1. The number of hydrogen-bond donors (Lipinski definition) is 1. The van der Waals surface area contributed by atoms with Crippen LogP contribution >= 0.6 is 0 Å². The summed E-state index contributed by atoms with van der Waals surface area (Å²) in [6.07, 6.45) is 1.66. The number of rotatable bonds is 5. The van der Waals surface area contributed by atoms with E-state index in [1.54, 1.807) is 0 Å². The molecule has 2 heteroatoms. The van der Waals surface area contributed by atoms with Crippen molar-refractivity contribution in [1.29, 1.82) is 0 Å². The molecule has 0 heterocycles. The minimum atomic E-state index is 0.125. The average molecular weight is 259 g/mol. The zero-order chi connectivity index (χ0) is 14.3. The van der Waals surface area contributed by atoms with Crippen LogP contribution in [0.5, 0.6) is 0 Å². The predicted octanol–water partition coefficient (Wildman–Crippen LogP) is 3.04. The molecule has 19 heavy (non-hydrogen) atoms. The van der Waals surface area contributed by atoms with Crippen LogP contribution in [-0.4, -0.2) is 29.2 Å². The SMILES string of the molecule is CCC(C)(C)N(C)Cc1cccc(C#CCCO)c1. The molecule has 1 N–H and O–H groups in total. The summed E-state index contributed by atoms with van der Waals surface area (Å²) in [4.78, 5) is 2.37. The molecule has 1 aromatic rings. The van der Waals surface area contributed by atoms with Gasteiger partial charge >= 0.3 is 0 Å². The molecule has 0 saturated carbocycles. The van der Waals surface area contributed by atoms with Gasteiger partial charge in [-0.2, -0.15) is 0 Å². The first-order valence-electron chi connectivity index (χ1n) is 6.89. The Balaban J connectivity index is 2.75. The number of benzene rings is 1. The van der Waals surface area contributed by atoms with E-state index in [0.29, 0.717) is 6.42 Å². The molecule has 1 rings (SSSR count). The Morgan fingerprint density at radius 3 is 2.68 bits per heavy atom. The molecule has 0 aliphatic heterocycles. The van der Waals surface area contributed by atoms with Gasteiger partial charge in [0.15, 0.2) is 0 Å². The Labute approximate surface area is 117 Å². The summed E-state index contributed by atoms with van der Waals surface area (Å²) in [5.41, 5.74) is 2.51. The molecule has 0 aliphatic carbocycles. The van der Waals surface area contributed by atoms with Crippen molar-refractivity contribution in [3.05, 3.63) is 35.4 Å². The van der Waals surface area contributed by atoms with E-state index < -0.39 is 0 Å². The summed E-state index contributed by atoms with van der Waals surface area (Å²) in [7, 11) is 2.16. The third-order valence-electron chi connectivity index (χ3n) is 3.71. The number of hydrogen-bond acceptors (Lipinski definition) is 2. The molecule has 0 radical (unpaired) electrons. The maximum absolute atomic E-state index is 8.73. The van der Waals surface area contributed by atoms with Gasteiger partial charge in [0, 0.05) is 24.1 Å². The zero-order valence-corrected chi connectivity index (χ0v) is 12.5. The highest BCUT2D eigenvalue weighted by molar-refractivity contribution is 5.37. The van der Waals surface area contributed by atoms with Gasteiger partial charge in [0.05, 0.1) is 6.61 Å². The van der Waals surface area contributed by atoms with Gasteiger partial charge in [0.1, 0.15) is 0 Å².